The van der Waals surface area contributed by atoms with Gasteiger partial charge in [0, 0.05) is 17.4 Å². The summed E-state index contributed by atoms with van der Waals surface area (Å²) in [6, 6.07) is 5.05. The van der Waals surface area contributed by atoms with Crippen LogP contribution in [-0.2, 0) is 29.1 Å². The molecule has 4 rings (SSSR count). The number of carbonyl (C=O) groups excluding carboxylic acids is 1. The summed E-state index contributed by atoms with van der Waals surface area (Å²) in [5.74, 6) is 0.644. The van der Waals surface area contributed by atoms with Crippen LogP contribution in [0.2, 0.25) is 0 Å². The van der Waals surface area contributed by atoms with Crippen molar-refractivity contribution in [2.75, 3.05) is 19.5 Å². The highest BCUT2D eigenvalue weighted by Crippen LogP contribution is 2.37. The number of hydrogen-bond acceptors (Lipinski definition) is 8. The lowest BCUT2D eigenvalue weighted by Crippen LogP contribution is -2.35. The van der Waals surface area contributed by atoms with Crippen molar-refractivity contribution in [3.05, 3.63) is 39.0 Å². The van der Waals surface area contributed by atoms with Gasteiger partial charge in [0.05, 0.1) is 37.5 Å². The second kappa shape index (κ2) is 8.27. The van der Waals surface area contributed by atoms with Gasteiger partial charge in [-0.25, -0.2) is 4.68 Å². The van der Waals surface area contributed by atoms with E-state index in [1.807, 2.05) is 6.92 Å². The maximum atomic E-state index is 13.2. The van der Waals surface area contributed by atoms with Crippen LogP contribution >= 0.6 is 11.3 Å². The number of nitrogens with one attached hydrogen (secondary N) is 1. The van der Waals surface area contributed by atoms with E-state index in [0.717, 1.165) is 21.5 Å². The van der Waals surface area contributed by atoms with Crippen LogP contribution in [0.15, 0.2) is 23.0 Å². The van der Waals surface area contributed by atoms with Gasteiger partial charge in [-0.15, -0.1) is 16.4 Å². The molecule has 10 heteroatoms. The average molecular weight is 445 g/mol. The summed E-state index contributed by atoms with van der Waals surface area (Å²) in [6.07, 6.45) is 1.47. The number of rotatable bonds is 6. The van der Waals surface area contributed by atoms with Crippen molar-refractivity contribution in [1.82, 2.24) is 15.0 Å². The maximum Gasteiger partial charge on any atom is 0.279 e. The molecule has 164 valence electrons. The van der Waals surface area contributed by atoms with Crippen molar-refractivity contribution in [3.63, 3.8) is 0 Å². The van der Waals surface area contributed by atoms with Crippen LogP contribution in [0.3, 0.4) is 0 Å². The minimum absolute atomic E-state index is 0.261. The molecule has 1 amide bonds. The van der Waals surface area contributed by atoms with E-state index >= 15 is 0 Å². The summed E-state index contributed by atoms with van der Waals surface area (Å²) in [4.78, 5) is 27.4. The lowest BCUT2D eigenvalue weighted by molar-refractivity contribution is -0.117. The average Bonchev–Trinajstić information content (AvgIpc) is 3.14. The van der Waals surface area contributed by atoms with Crippen molar-refractivity contribution in [2.24, 2.45) is 0 Å². The summed E-state index contributed by atoms with van der Waals surface area (Å²) < 4.78 is 17.5. The Bertz CT molecular complexity index is 1200. The number of fused-ring (bicyclic) bond motifs is 3. The van der Waals surface area contributed by atoms with E-state index < -0.39 is 5.91 Å². The molecule has 2 aromatic heterocycles. The molecule has 3 heterocycles. The Kier molecular flexibility index (Phi) is 5.67. The number of amides is 1. The Labute approximate surface area is 182 Å². The second-order valence-corrected chi connectivity index (χ2v) is 8.70. The Balaban J connectivity index is 1.61. The van der Waals surface area contributed by atoms with Crippen LogP contribution in [0.5, 0.6) is 11.5 Å². The topological polar surface area (TPSA) is 105 Å². The molecule has 1 N–H and O–H groups in total. The number of nitrogens with zero attached hydrogens (tertiary/aromatic N) is 3. The van der Waals surface area contributed by atoms with E-state index in [2.05, 4.69) is 22.6 Å². The van der Waals surface area contributed by atoms with Crippen molar-refractivity contribution < 1.29 is 19.0 Å². The van der Waals surface area contributed by atoms with Gasteiger partial charge in [0.1, 0.15) is 18.0 Å². The highest BCUT2D eigenvalue weighted by atomic mass is 32.1. The lowest BCUT2D eigenvalue weighted by Gasteiger charge is -2.32. The van der Waals surface area contributed by atoms with Gasteiger partial charge in [-0.2, -0.15) is 0 Å². The molecule has 1 aliphatic heterocycles. The molecular weight excluding hydrogens is 420 g/mol. The molecule has 0 radical (unpaired) electrons. The number of anilines is 1. The molecule has 0 saturated heterocycles. The van der Waals surface area contributed by atoms with Gasteiger partial charge in [0.2, 0.25) is 5.91 Å². The fraction of sp³-hybridized carbons (Fsp3) is 0.429. The molecule has 0 spiro atoms. The highest BCUT2D eigenvalue weighted by molar-refractivity contribution is 7.18. The third-order valence-corrected chi connectivity index (χ3v) is 6.68. The summed E-state index contributed by atoms with van der Waals surface area (Å²) >= 11 is 1.42. The van der Waals surface area contributed by atoms with Gasteiger partial charge in [-0.1, -0.05) is 12.1 Å². The molecule has 1 atom stereocenters. The van der Waals surface area contributed by atoms with E-state index in [1.54, 1.807) is 25.3 Å². The Morgan fingerprint density at radius 3 is 2.87 bits per heavy atom. The smallest absolute Gasteiger partial charge is 0.279 e. The van der Waals surface area contributed by atoms with Gasteiger partial charge in [0.25, 0.3) is 5.56 Å². The first-order valence-corrected chi connectivity index (χ1v) is 10.7. The van der Waals surface area contributed by atoms with E-state index in [9.17, 15) is 9.59 Å². The zero-order chi connectivity index (χ0) is 22.2. The van der Waals surface area contributed by atoms with Gasteiger partial charge in [0.15, 0.2) is 4.83 Å². The molecule has 0 aliphatic carbocycles. The van der Waals surface area contributed by atoms with Crippen molar-refractivity contribution in [3.8, 4) is 11.5 Å². The summed E-state index contributed by atoms with van der Waals surface area (Å²) in [5, 5.41) is 11.4. The number of benzene rings is 1. The quantitative estimate of drug-likeness (QED) is 0.623. The van der Waals surface area contributed by atoms with Crippen LogP contribution in [0.4, 0.5) is 5.69 Å². The first kappa shape index (κ1) is 21.3. The summed E-state index contributed by atoms with van der Waals surface area (Å²) in [7, 11) is 3.05. The molecule has 1 aromatic carbocycles. The third kappa shape index (κ3) is 4.00. The predicted octanol–water partition coefficient (Wildman–Crippen LogP) is 2.75. The fourth-order valence-corrected chi connectivity index (χ4v) is 4.62. The van der Waals surface area contributed by atoms with Crippen molar-refractivity contribution in [1.29, 1.82) is 0 Å². The number of aromatic nitrogens is 3. The van der Waals surface area contributed by atoms with Crippen molar-refractivity contribution >= 4 is 33.1 Å². The van der Waals surface area contributed by atoms with Crippen LogP contribution in [0.1, 0.15) is 30.7 Å². The second-order valence-electron chi connectivity index (χ2n) is 7.62. The molecule has 0 fully saturated rings. The third-order valence-electron chi connectivity index (χ3n) is 5.59. The fourth-order valence-electron chi connectivity index (χ4n) is 3.58. The predicted molar refractivity (Wildman–Crippen MR) is 117 cm³/mol. The van der Waals surface area contributed by atoms with E-state index in [4.69, 9.17) is 14.2 Å². The Morgan fingerprint density at radius 2 is 2.16 bits per heavy atom. The minimum atomic E-state index is -0.412. The number of ether oxygens (including phenoxy) is 3. The number of methoxy groups -OCH3 is 2. The lowest BCUT2D eigenvalue weighted by atomic mass is 9.90. The molecule has 31 heavy (non-hydrogen) atoms. The van der Waals surface area contributed by atoms with Gasteiger partial charge in [-0.05, 0) is 31.0 Å². The van der Waals surface area contributed by atoms with Gasteiger partial charge < -0.3 is 19.5 Å². The first-order valence-electron chi connectivity index (χ1n) is 9.91. The van der Waals surface area contributed by atoms with Crippen LogP contribution < -0.4 is 20.3 Å². The number of carbonyl (C=O) groups is 1. The Hall–Kier alpha value is -2.98. The zero-order valence-corrected chi connectivity index (χ0v) is 18.7. The number of thiophene rings is 1. The standard InChI is InChI=1S/C21H24N4O5S/c1-5-21(2)9-13-16(11-30-21)31-19-18(13)20(27)25(24-23-19)10-17(26)22-14-7-6-12(28-3)8-15(14)29-4/h6-8H,5,9-11H2,1-4H3,(H,22,26)/t21-/m0/s1. The SMILES string of the molecule is CC[C@@]1(C)Cc2c(sc3nnn(CC(=O)Nc4ccc(OC)cc4OC)c(=O)c23)CO1. The molecule has 1 aliphatic rings. The molecule has 0 bridgehead atoms. The monoisotopic (exact) mass is 444 g/mol. The van der Waals surface area contributed by atoms with E-state index in [1.165, 1.54) is 18.4 Å². The molecule has 3 aromatic rings. The van der Waals surface area contributed by atoms with E-state index in [0.29, 0.717) is 40.4 Å². The number of hydrogen-bond donors (Lipinski definition) is 1. The minimum Gasteiger partial charge on any atom is -0.497 e. The summed E-state index contributed by atoms with van der Waals surface area (Å²) in [5.41, 5.74) is 0.796. The molecule has 0 unspecified atom stereocenters. The maximum absolute atomic E-state index is 13.2. The molecule has 9 nitrogen and oxygen atoms in total. The molecule has 0 saturated carbocycles. The van der Waals surface area contributed by atoms with Crippen molar-refractivity contribution in [2.45, 2.75) is 45.4 Å². The zero-order valence-electron chi connectivity index (χ0n) is 17.9. The Morgan fingerprint density at radius 1 is 1.35 bits per heavy atom. The first-order chi connectivity index (χ1) is 14.9. The summed E-state index contributed by atoms with van der Waals surface area (Å²) in [6.45, 7) is 4.30. The van der Waals surface area contributed by atoms with Crippen LogP contribution in [0, 0.1) is 0 Å². The largest absolute Gasteiger partial charge is 0.497 e. The van der Waals surface area contributed by atoms with Crippen LogP contribution in [-0.4, -0.2) is 40.7 Å². The van der Waals surface area contributed by atoms with Gasteiger partial charge in [-0.3, -0.25) is 9.59 Å². The normalized spacial score (nSPS) is 17.9. The van der Waals surface area contributed by atoms with E-state index in [-0.39, 0.29) is 17.7 Å². The molecular formula is C21H24N4O5S. The van der Waals surface area contributed by atoms with Crippen LogP contribution in [0.25, 0.3) is 10.2 Å². The highest BCUT2D eigenvalue weighted by Gasteiger charge is 2.33. The van der Waals surface area contributed by atoms with Gasteiger partial charge >= 0.3 is 0 Å².